The van der Waals surface area contributed by atoms with Crippen molar-refractivity contribution in [3.63, 3.8) is 0 Å². The number of nitrogens with zero attached hydrogens (tertiary/aromatic N) is 1. The van der Waals surface area contributed by atoms with Gasteiger partial charge < -0.3 is 10.2 Å². The minimum absolute atomic E-state index is 0.135. The van der Waals surface area contributed by atoms with E-state index in [9.17, 15) is 4.79 Å². The molecular formula is C14H23N3O. The highest BCUT2D eigenvalue weighted by Crippen LogP contribution is 1.99. The Hall–Kier alpha value is -1.84. The number of rotatable bonds is 7. The van der Waals surface area contributed by atoms with Crippen molar-refractivity contribution in [2.45, 2.75) is 26.3 Å². The van der Waals surface area contributed by atoms with Crippen LogP contribution in [0, 0.1) is 5.41 Å². The Morgan fingerprint density at radius 2 is 2.00 bits per heavy atom. The highest BCUT2D eigenvalue weighted by molar-refractivity contribution is 6.11. The number of carbonyl (C=O) groups excluding carboxylic acids is 1. The molecule has 0 aromatic carbocycles. The van der Waals surface area contributed by atoms with Crippen LogP contribution in [0.3, 0.4) is 0 Å². The van der Waals surface area contributed by atoms with Gasteiger partial charge in [0.15, 0.2) is 6.29 Å². The molecular weight excluding hydrogens is 226 g/mol. The van der Waals surface area contributed by atoms with Crippen molar-refractivity contribution in [2.75, 3.05) is 14.1 Å². The topological polar surface area (TPSA) is 56.2 Å². The molecule has 0 heterocycles. The summed E-state index contributed by atoms with van der Waals surface area (Å²) in [5.41, 5.74) is 0.343. The number of carbonyl (C=O) groups is 1. The zero-order valence-electron chi connectivity index (χ0n) is 11.6. The summed E-state index contributed by atoms with van der Waals surface area (Å²) in [6, 6.07) is 0.135. The predicted molar refractivity (Wildman–Crippen MR) is 76.7 cm³/mol. The van der Waals surface area contributed by atoms with Crippen molar-refractivity contribution >= 4 is 12.1 Å². The summed E-state index contributed by atoms with van der Waals surface area (Å²) in [6.45, 7) is 3.93. The second-order valence-corrected chi connectivity index (χ2v) is 4.06. The second kappa shape index (κ2) is 9.22. The molecule has 0 radical (unpaired) electrons. The van der Waals surface area contributed by atoms with Gasteiger partial charge in [0.2, 0.25) is 0 Å². The lowest BCUT2D eigenvalue weighted by atomic mass is 10.1. The Morgan fingerprint density at radius 1 is 1.33 bits per heavy atom. The van der Waals surface area contributed by atoms with E-state index in [1.807, 2.05) is 32.1 Å². The van der Waals surface area contributed by atoms with Crippen LogP contribution in [0.4, 0.5) is 0 Å². The highest BCUT2D eigenvalue weighted by atomic mass is 16.1. The molecule has 1 atom stereocenters. The first-order valence-corrected chi connectivity index (χ1v) is 5.98. The minimum Gasteiger partial charge on any atom is -0.384 e. The van der Waals surface area contributed by atoms with Crippen LogP contribution >= 0.6 is 0 Å². The Kier molecular flexibility index (Phi) is 8.27. The van der Waals surface area contributed by atoms with Crippen LogP contribution in [0.1, 0.15) is 20.3 Å². The number of amidine groups is 1. The molecule has 18 heavy (non-hydrogen) atoms. The van der Waals surface area contributed by atoms with Gasteiger partial charge in [-0.25, -0.2) is 0 Å². The lowest BCUT2D eigenvalue weighted by molar-refractivity contribution is -0.104. The standard InChI is InChI=1S/C14H23N3O/c1-5-7-9-13(8-6-2)16-10-12(11-18)14(15)17(3)4/h5-8,10-11,13,15-16H,9H2,1-4H3/b7-5-,8-6-,12-10-,15-14?. The van der Waals surface area contributed by atoms with Gasteiger partial charge in [-0.15, -0.1) is 0 Å². The molecule has 0 fully saturated rings. The molecule has 0 saturated heterocycles. The Labute approximate surface area is 110 Å². The Bertz CT molecular complexity index is 354. The van der Waals surface area contributed by atoms with Gasteiger partial charge in [0.05, 0.1) is 5.57 Å². The molecule has 0 aliphatic carbocycles. The fraction of sp³-hybridized carbons (Fsp3) is 0.429. The average molecular weight is 249 g/mol. The lowest BCUT2D eigenvalue weighted by Gasteiger charge is -2.15. The van der Waals surface area contributed by atoms with E-state index in [0.29, 0.717) is 11.9 Å². The van der Waals surface area contributed by atoms with E-state index in [2.05, 4.69) is 11.4 Å². The fourth-order valence-corrected chi connectivity index (χ4v) is 1.33. The van der Waals surface area contributed by atoms with Gasteiger partial charge in [-0.1, -0.05) is 24.3 Å². The Balaban J connectivity index is 4.71. The molecule has 0 amide bonds. The lowest BCUT2D eigenvalue weighted by Crippen LogP contribution is -2.27. The van der Waals surface area contributed by atoms with Crippen LogP contribution in [0.25, 0.3) is 0 Å². The second-order valence-electron chi connectivity index (χ2n) is 4.06. The maximum absolute atomic E-state index is 10.9. The van der Waals surface area contributed by atoms with Crippen LogP contribution in [0.2, 0.25) is 0 Å². The number of allylic oxidation sites excluding steroid dienone is 2. The maximum Gasteiger partial charge on any atom is 0.155 e. The molecule has 0 bridgehead atoms. The number of nitrogens with one attached hydrogen (secondary N) is 2. The van der Waals surface area contributed by atoms with E-state index in [0.717, 1.165) is 6.42 Å². The van der Waals surface area contributed by atoms with Gasteiger partial charge in [0.25, 0.3) is 0 Å². The number of likely N-dealkylation sites (N-methyl/N-ethyl adjacent to an activating group) is 1. The summed E-state index contributed by atoms with van der Waals surface area (Å²) in [7, 11) is 3.48. The van der Waals surface area contributed by atoms with Crippen LogP contribution in [0.5, 0.6) is 0 Å². The molecule has 100 valence electrons. The number of aldehydes is 1. The summed E-state index contributed by atoms with van der Waals surface area (Å²) in [6.07, 6.45) is 11.2. The monoisotopic (exact) mass is 249 g/mol. The predicted octanol–water partition coefficient (Wildman–Crippen LogP) is 2.11. The van der Waals surface area contributed by atoms with E-state index >= 15 is 0 Å². The molecule has 4 heteroatoms. The third-order valence-corrected chi connectivity index (χ3v) is 2.35. The van der Waals surface area contributed by atoms with E-state index in [-0.39, 0.29) is 11.9 Å². The Morgan fingerprint density at radius 3 is 2.44 bits per heavy atom. The van der Waals surface area contributed by atoms with E-state index in [4.69, 9.17) is 5.41 Å². The van der Waals surface area contributed by atoms with Crippen molar-refractivity contribution in [2.24, 2.45) is 0 Å². The number of hydrogen-bond acceptors (Lipinski definition) is 3. The quantitative estimate of drug-likeness (QED) is 0.239. The van der Waals surface area contributed by atoms with Gasteiger partial charge in [-0.05, 0) is 20.3 Å². The van der Waals surface area contributed by atoms with Crippen molar-refractivity contribution in [3.05, 3.63) is 36.1 Å². The highest BCUT2D eigenvalue weighted by Gasteiger charge is 2.07. The molecule has 0 rings (SSSR count). The molecule has 0 saturated carbocycles. The average Bonchev–Trinajstić information content (AvgIpc) is 2.35. The summed E-state index contributed by atoms with van der Waals surface area (Å²) in [5, 5.41) is 10.9. The summed E-state index contributed by atoms with van der Waals surface area (Å²) >= 11 is 0. The number of hydrogen-bond donors (Lipinski definition) is 2. The molecule has 2 N–H and O–H groups in total. The van der Waals surface area contributed by atoms with E-state index in [1.54, 1.807) is 25.2 Å². The molecule has 0 aliphatic heterocycles. The first-order chi connectivity index (χ1) is 8.56. The largest absolute Gasteiger partial charge is 0.384 e. The van der Waals surface area contributed by atoms with Crippen LogP contribution < -0.4 is 5.32 Å². The first kappa shape index (κ1) is 16.2. The van der Waals surface area contributed by atoms with Gasteiger partial charge in [-0.3, -0.25) is 10.2 Å². The van der Waals surface area contributed by atoms with Crippen LogP contribution in [-0.2, 0) is 4.79 Å². The summed E-state index contributed by atoms with van der Waals surface area (Å²) < 4.78 is 0. The SMILES string of the molecule is C/C=C\CC(/C=C\C)N/C=C(/C=O)C(=N)N(C)C. The van der Waals surface area contributed by atoms with Crippen molar-refractivity contribution in [3.8, 4) is 0 Å². The van der Waals surface area contributed by atoms with Crippen molar-refractivity contribution in [1.29, 1.82) is 5.41 Å². The smallest absolute Gasteiger partial charge is 0.155 e. The third kappa shape index (κ3) is 6.03. The molecule has 0 aromatic heterocycles. The molecule has 4 nitrogen and oxygen atoms in total. The van der Waals surface area contributed by atoms with Gasteiger partial charge in [0, 0.05) is 26.3 Å². The molecule has 1 unspecified atom stereocenters. The van der Waals surface area contributed by atoms with E-state index in [1.165, 1.54) is 0 Å². The summed E-state index contributed by atoms with van der Waals surface area (Å²) in [4.78, 5) is 12.5. The van der Waals surface area contributed by atoms with Gasteiger partial charge in [0.1, 0.15) is 5.84 Å². The third-order valence-electron chi connectivity index (χ3n) is 2.35. The zero-order chi connectivity index (χ0) is 14.0. The van der Waals surface area contributed by atoms with E-state index < -0.39 is 0 Å². The van der Waals surface area contributed by atoms with Crippen molar-refractivity contribution in [1.82, 2.24) is 10.2 Å². The van der Waals surface area contributed by atoms with Gasteiger partial charge in [-0.2, -0.15) is 0 Å². The molecule has 0 aliphatic rings. The molecule has 0 aromatic rings. The first-order valence-electron chi connectivity index (χ1n) is 5.98. The molecule has 0 spiro atoms. The van der Waals surface area contributed by atoms with Crippen molar-refractivity contribution < 1.29 is 4.79 Å². The minimum atomic E-state index is 0.135. The maximum atomic E-state index is 10.9. The van der Waals surface area contributed by atoms with Gasteiger partial charge >= 0.3 is 0 Å². The fourth-order valence-electron chi connectivity index (χ4n) is 1.33. The van der Waals surface area contributed by atoms with Crippen LogP contribution in [0.15, 0.2) is 36.1 Å². The zero-order valence-corrected chi connectivity index (χ0v) is 11.6. The normalized spacial score (nSPS) is 13.9. The van der Waals surface area contributed by atoms with Crippen LogP contribution in [-0.4, -0.2) is 37.2 Å². The summed E-state index contributed by atoms with van der Waals surface area (Å²) in [5.74, 6) is 0.197.